The molecular formula is C14H21N3O. The van der Waals surface area contributed by atoms with Crippen LogP contribution in [0.2, 0.25) is 0 Å². The van der Waals surface area contributed by atoms with Crippen molar-refractivity contribution in [1.29, 1.82) is 0 Å². The minimum Gasteiger partial charge on any atom is -0.399 e. The molecule has 0 aliphatic carbocycles. The van der Waals surface area contributed by atoms with Gasteiger partial charge in [0.25, 0.3) is 0 Å². The second kappa shape index (κ2) is 5.40. The van der Waals surface area contributed by atoms with E-state index in [9.17, 15) is 4.79 Å². The summed E-state index contributed by atoms with van der Waals surface area (Å²) >= 11 is 0. The first-order valence-electron chi connectivity index (χ1n) is 6.46. The van der Waals surface area contributed by atoms with Crippen molar-refractivity contribution in [3.8, 4) is 0 Å². The van der Waals surface area contributed by atoms with E-state index in [0.29, 0.717) is 12.6 Å². The first-order chi connectivity index (χ1) is 8.56. The molecule has 1 heterocycles. The molecule has 0 bridgehead atoms. The molecule has 1 aromatic carbocycles. The van der Waals surface area contributed by atoms with E-state index in [1.54, 1.807) is 6.07 Å². The van der Waals surface area contributed by atoms with Gasteiger partial charge in [0, 0.05) is 17.4 Å². The summed E-state index contributed by atoms with van der Waals surface area (Å²) < 4.78 is 0. The molecule has 3 N–H and O–H groups in total. The smallest absolute Gasteiger partial charge is 0.238 e. The van der Waals surface area contributed by atoms with E-state index in [-0.39, 0.29) is 5.91 Å². The molecule has 4 heteroatoms. The topological polar surface area (TPSA) is 58.4 Å². The molecule has 1 fully saturated rings. The number of hydrogen-bond acceptors (Lipinski definition) is 3. The Morgan fingerprint density at radius 3 is 2.94 bits per heavy atom. The van der Waals surface area contributed by atoms with E-state index in [1.807, 2.05) is 19.1 Å². The van der Waals surface area contributed by atoms with Crippen molar-refractivity contribution in [1.82, 2.24) is 4.90 Å². The van der Waals surface area contributed by atoms with Crippen LogP contribution in [0, 0.1) is 6.92 Å². The Balaban J connectivity index is 1.94. The molecule has 1 unspecified atom stereocenters. The van der Waals surface area contributed by atoms with Crippen molar-refractivity contribution in [2.75, 3.05) is 24.1 Å². The Bertz CT molecular complexity index is 445. The third kappa shape index (κ3) is 3.01. The van der Waals surface area contributed by atoms with Gasteiger partial charge in [-0.1, -0.05) is 0 Å². The maximum Gasteiger partial charge on any atom is 0.238 e. The van der Waals surface area contributed by atoms with Crippen LogP contribution in [0.1, 0.15) is 25.3 Å². The third-order valence-corrected chi connectivity index (χ3v) is 3.56. The number of amides is 1. The van der Waals surface area contributed by atoms with Crippen molar-refractivity contribution in [3.63, 3.8) is 0 Å². The molecular weight excluding hydrogens is 226 g/mol. The fourth-order valence-corrected chi connectivity index (χ4v) is 2.43. The lowest BCUT2D eigenvalue weighted by Crippen LogP contribution is -2.35. The van der Waals surface area contributed by atoms with Crippen LogP contribution in [0.25, 0.3) is 0 Å². The predicted octanol–water partition coefficient (Wildman–Crippen LogP) is 2.00. The van der Waals surface area contributed by atoms with E-state index in [1.165, 1.54) is 12.8 Å². The Kier molecular flexibility index (Phi) is 3.87. The Labute approximate surface area is 108 Å². The van der Waals surface area contributed by atoms with Crippen LogP contribution in [0.5, 0.6) is 0 Å². The number of hydrogen-bond donors (Lipinski definition) is 2. The molecule has 18 heavy (non-hydrogen) atoms. The highest BCUT2D eigenvalue weighted by Gasteiger charge is 2.22. The lowest BCUT2D eigenvalue weighted by Gasteiger charge is -2.20. The summed E-state index contributed by atoms with van der Waals surface area (Å²) in [6, 6.07) is 6.05. The van der Waals surface area contributed by atoms with Crippen LogP contribution in [0.15, 0.2) is 18.2 Å². The lowest BCUT2D eigenvalue weighted by molar-refractivity contribution is -0.117. The number of anilines is 2. The molecule has 98 valence electrons. The van der Waals surface area contributed by atoms with Crippen LogP contribution in [0.3, 0.4) is 0 Å². The number of rotatable bonds is 3. The summed E-state index contributed by atoms with van der Waals surface area (Å²) in [5, 5.41) is 2.95. The van der Waals surface area contributed by atoms with Gasteiger partial charge in [0.15, 0.2) is 0 Å². The van der Waals surface area contributed by atoms with Crippen molar-refractivity contribution in [2.45, 2.75) is 32.7 Å². The number of nitrogen functional groups attached to an aromatic ring is 1. The number of nitrogens with zero attached hydrogens (tertiary/aromatic N) is 1. The highest BCUT2D eigenvalue weighted by Crippen LogP contribution is 2.19. The van der Waals surface area contributed by atoms with Gasteiger partial charge in [-0.15, -0.1) is 0 Å². The second-order valence-corrected chi connectivity index (χ2v) is 5.08. The molecule has 0 saturated carbocycles. The lowest BCUT2D eigenvalue weighted by atomic mass is 10.2. The SMILES string of the molecule is Cc1cc(N)ccc1NC(=O)CN1CCCC1C. The van der Waals surface area contributed by atoms with Crippen molar-refractivity contribution >= 4 is 17.3 Å². The Hall–Kier alpha value is -1.55. The van der Waals surface area contributed by atoms with Gasteiger partial charge in [0.2, 0.25) is 5.91 Å². The molecule has 1 amide bonds. The first-order valence-corrected chi connectivity index (χ1v) is 6.46. The predicted molar refractivity (Wildman–Crippen MR) is 74.5 cm³/mol. The largest absolute Gasteiger partial charge is 0.399 e. The minimum atomic E-state index is 0.0524. The summed E-state index contributed by atoms with van der Waals surface area (Å²) in [6.45, 7) is 5.62. The number of nitrogens with two attached hydrogens (primary N) is 1. The van der Waals surface area contributed by atoms with Crippen molar-refractivity contribution in [2.24, 2.45) is 0 Å². The molecule has 1 aliphatic heterocycles. The van der Waals surface area contributed by atoms with Gasteiger partial charge >= 0.3 is 0 Å². The van der Waals surface area contributed by atoms with Crippen molar-refractivity contribution in [3.05, 3.63) is 23.8 Å². The number of benzene rings is 1. The standard InChI is InChI=1S/C14H21N3O/c1-10-8-12(15)5-6-13(10)16-14(18)9-17-7-3-4-11(17)2/h5-6,8,11H,3-4,7,9,15H2,1-2H3,(H,16,18). The highest BCUT2D eigenvalue weighted by molar-refractivity contribution is 5.93. The third-order valence-electron chi connectivity index (χ3n) is 3.56. The highest BCUT2D eigenvalue weighted by atomic mass is 16.2. The van der Waals surface area contributed by atoms with E-state index in [0.717, 1.165) is 23.5 Å². The maximum atomic E-state index is 12.0. The average Bonchev–Trinajstić information content (AvgIpc) is 2.69. The summed E-state index contributed by atoms with van der Waals surface area (Å²) in [7, 11) is 0. The fraction of sp³-hybridized carbons (Fsp3) is 0.500. The molecule has 1 saturated heterocycles. The summed E-state index contributed by atoms with van der Waals surface area (Å²) in [5.41, 5.74) is 8.25. The maximum absolute atomic E-state index is 12.0. The zero-order valence-electron chi connectivity index (χ0n) is 11.1. The average molecular weight is 247 g/mol. The number of carbonyl (C=O) groups is 1. The molecule has 1 aromatic rings. The van der Waals surface area contributed by atoms with E-state index >= 15 is 0 Å². The van der Waals surface area contributed by atoms with Crippen LogP contribution < -0.4 is 11.1 Å². The van der Waals surface area contributed by atoms with Gasteiger partial charge < -0.3 is 11.1 Å². The van der Waals surface area contributed by atoms with Crippen molar-refractivity contribution < 1.29 is 4.79 Å². The van der Waals surface area contributed by atoms with E-state index < -0.39 is 0 Å². The van der Waals surface area contributed by atoms with Crippen LogP contribution in [-0.2, 0) is 4.79 Å². The minimum absolute atomic E-state index is 0.0524. The van der Waals surface area contributed by atoms with E-state index in [4.69, 9.17) is 5.73 Å². The van der Waals surface area contributed by atoms with E-state index in [2.05, 4.69) is 17.1 Å². The monoisotopic (exact) mass is 247 g/mol. The second-order valence-electron chi connectivity index (χ2n) is 5.08. The number of likely N-dealkylation sites (tertiary alicyclic amines) is 1. The van der Waals surface area contributed by atoms with Gasteiger partial charge in [0.05, 0.1) is 6.54 Å². The van der Waals surface area contributed by atoms with Crippen LogP contribution in [0.4, 0.5) is 11.4 Å². The van der Waals surface area contributed by atoms with Gasteiger partial charge in [-0.2, -0.15) is 0 Å². The molecule has 1 atom stereocenters. The Morgan fingerprint density at radius 2 is 2.33 bits per heavy atom. The Morgan fingerprint density at radius 1 is 1.56 bits per heavy atom. The van der Waals surface area contributed by atoms with Crippen LogP contribution >= 0.6 is 0 Å². The molecule has 0 aromatic heterocycles. The van der Waals surface area contributed by atoms with Gasteiger partial charge in [-0.25, -0.2) is 0 Å². The molecule has 1 aliphatic rings. The zero-order chi connectivity index (χ0) is 13.1. The first kappa shape index (κ1) is 12.9. The number of nitrogens with one attached hydrogen (secondary N) is 1. The summed E-state index contributed by atoms with van der Waals surface area (Å²) in [6.07, 6.45) is 2.38. The fourth-order valence-electron chi connectivity index (χ4n) is 2.43. The zero-order valence-corrected chi connectivity index (χ0v) is 11.1. The number of carbonyl (C=O) groups excluding carboxylic acids is 1. The van der Waals surface area contributed by atoms with Gasteiger partial charge in [0.1, 0.15) is 0 Å². The molecule has 0 spiro atoms. The summed E-state index contributed by atoms with van der Waals surface area (Å²) in [4.78, 5) is 14.2. The molecule has 2 rings (SSSR count). The van der Waals surface area contributed by atoms with Gasteiger partial charge in [-0.3, -0.25) is 9.69 Å². The molecule has 0 radical (unpaired) electrons. The normalized spacial score (nSPS) is 20.0. The van der Waals surface area contributed by atoms with Gasteiger partial charge in [-0.05, 0) is 57.0 Å². The number of aryl methyl sites for hydroxylation is 1. The van der Waals surface area contributed by atoms with Crippen LogP contribution in [-0.4, -0.2) is 29.9 Å². The quantitative estimate of drug-likeness (QED) is 0.803. The summed E-state index contributed by atoms with van der Waals surface area (Å²) in [5.74, 6) is 0.0524. The molecule has 4 nitrogen and oxygen atoms in total.